The average molecular weight is 211 g/mol. The Balaban J connectivity index is 2.82. The number of esters is 1. The molecule has 0 aliphatic carbocycles. The molecule has 74 valence electrons. The van der Waals surface area contributed by atoms with Crippen molar-refractivity contribution in [3.63, 3.8) is 0 Å². The maximum atomic E-state index is 11.5. The maximum absolute atomic E-state index is 11.5. The molecule has 0 saturated carbocycles. The Bertz CT molecular complexity index is 334. The van der Waals surface area contributed by atoms with Gasteiger partial charge in [-0.3, -0.25) is 0 Å². The van der Waals surface area contributed by atoms with Crippen LogP contribution in [0.25, 0.3) is 0 Å². The first-order chi connectivity index (χ1) is 6.79. The summed E-state index contributed by atoms with van der Waals surface area (Å²) in [6.07, 6.45) is 1.53. The van der Waals surface area contributed by atoms with E-state index >= 15 is 0 Å². The summed E-state index contributed by atoms with van der Waals surface area (Å²) in [7, 11) is 0. The Labute approximate surface area is 88.1 Å². The fraction of sp³-hybridized carbons (Fsp3) is 0.182. The van der Waals surface area contributed by atoms with Crippen molar-refractivity contribution in [2.24, 2.45) is 0 Å². The second kappa shape index (κ2) is 5.45. The van der Waals surface area contributed by atoms with Crippen LogP contribution in [0.4, 0.5) is 0 Å². The zero-order valence-electron chi connectivity index (χ0n) is 7.70. The number of benzene rings is 1. The standard InChI is InChI=1S/C11H11ClO2/c1-2-7-14-11(13)10-6-4-3-5-9(10)8-12/h2-6H,1,7-8H2. The van der Waals surface area contributed by atoms with Crippen molar-refractivity contribution in [2.45, 2.75) is 5.88 Å². The molecular weight excluding hydrogens is 200 g/mol. The lowest BCUT2D eigenvalue weighted by atomic mass is 10.1. The van der Waals surface area contributed by atoms with Gasteiger partial charge in [0.05, 0.1) is 5.56 Å². The molecule has 0 N–H and O–H groups in total. The van der Waals surface area contributed by atoms with E-state index in [1.54, 1.807) is 18.2 Å². The minimum Gasteiger partial charge on any atom is -0.458 e. The van der Waals surface area contributed by atoms with Crippen LogP contribution in [-0.4, -0.2) is 12.6 Å². The molecule has 14 heavy (non-hydrogen) atoms. The van der Waals surface area contributed by atoms with Crippen LogP contribution in [0.5, 0.6) is 0 Å². The normalized spacial score (nSPS) is 9.50. The number of hydrogen-bond acceptors (Lipinski definition) is 2. The third kappa shape index (κ3) is 2.60. The third-order valence-corrected chi connectivity index (χ3v) is 2.00. The van der Waals surface area contributed by atoms with Gasteiger partial charge in [0, 0.05) is 5.88 Å². The molecule has 1 aromatic carbocycles. The molecule has 1 rings (SSSR count). The van der Waals surface area contributed by atoms with Crippen molar-refractivity contribution < 1.29 is 9.53 Å². The van der Waals surface area contributed by atoms with E-state index in [-0.39, 0.29) is 12.6 Å². The van der Waals surface area contributed by atoms with E-state index < -0.39 is 0 Å². The van der Waals surface area contributed by atoms with Gasteiger partial charge in [0.1, 0.15) is 6.61 Å². The Hall–Kier alpha value is -1.28. The highest BCUT2D eigenvalue weighted by Crippen LogP contribution is 2.12. The average Bonchev–Trinajstić information content (AvgIpc) is 2.25. The lowest BCUT2D eigenvalue weighted by Crippen LogP contribution is -2.07. The number of carbonyl (C=O) groups is 1. The van der Waals surface area contributed by atoms with E-state index in [4.69, 9.17) is 16.3 Å². The summed E-state index contributed by atoms with van der Waals surface area (Å²) in [5.41, 5.74) is 1.30. The number of ether oxygens (including phenoxy) is 1. The SMILES string of the molecule is C=CCOC(=O)c1ccccc1CCl. The van der Waals surface area contributed by atoms with Gasteiger partial charge in [-0.05, 0) is 11.6 Å². The summed E-state index contributed by atoms with van der Waals surface area (Å²) in [6, 6.07) is 7.11. The predicted molar refractivity (Wildman–Crippen MR) is 56.5 cm³/mol. The van der Waals surface area contributed by atoms with Crippen LogP contribution in [0.2, 0.25) is 0 Å². The van der Waals surface area contributed by atoms with Gasteiger partial charge in [0.15, 0.2) is 0 Å². The first-order valence-electron chi connectivity index (χ1n) is 4.21. The Morgan fingerprint density at radius 1 is 1.50 bits per heavy atom. The summed E-state index contributed by atoms with van der Waals surface area (Å²) in [4.78, 5) is 11.5. The molecule has 0 saturated heterocycles. The van der Waals surface area contributed by atoms with Crippen LogP contribution >= 0.6 is 11.6 Å². The van der Waals surface area contributed by atoms with E-state index in [0.29, 0.717) is 11.4 Å². The topological polar surface area (TPSA) is 26.3 Å². The van der Waals surface area contributed by atoms with Gasteiger partial charge in [-0.25, -0.2) is 4.79 Å². The lowest BCUT2D eigenvalue weighted by molar-refractivity contribution is 0.0549. The van der Waals surface area contributed by atoms with Crippen molar-refractivity contribution in [1.29, 1.82) is 0 Å². The van der Waals surface area contributed by atoms with Crippen molar-refractivity contribution in [3.8, 4) is 0 Å². The largest absolute Gasteiger partial charge is 0.458 e. The second-order valence-electron chi connectivity index (χ2n) is 2.68. The molecule has 0 spiro atoms. The Morgan fingerprint density at radius 2 is 2.21 bits per heavy atom. The molecule has 0 radical (unpaired) electrons. The van der Waals surface area contributed by atoms with Gasteiger partial charge in [0.25, 0.3) is 0 Å². The molecule has 0 bridgehead atoms. The van der Waals surface area contributed by atoms with Crippen LogP contribution in [0.1, 0.15) is 15.9 Å². The molecule has 2 nitrogen and oxygen atoms in total. The highest BCUT2D eigenvalue weighted by molar-refractivity contribution is 6.17. The summed E-state index contributed by atoms with van der Waals surface area (Å²) in [5, 5.41) is 0. The number of carbonyl (C=O) groups excluding carboxylic acids is 1. The fourth-order valence-corrected chi connectivity index (χ4v) is 1.28. The molecule has 1 aromatic rings. The Morgan fingerprint density at radius 3 is 2.86 bits per heavy atom. The molecule has 0 aromatic heterocycles. The molecular formula is C11H11ClO2. The molecule has 0 amide bonds. The number of alkyl halides is 1. The highest BCUT2D eigenvalue weighted by atomic mass is 35.5. The molecule has 0 fully saturated rings. The smallest absolute Gasteiger partial charge is 0.338 e. The van der Waals surface area contributed by atoms with Crippen LogP contribution in [-0.2, 0) is 10.6 Å². The van der Waals surface area contributed by atoms with E-state index in [1.807, 2.05) is 6.07 Å². The quantitative estimate of drug-likeness (QED) is 0.434. The predicted octanol–water partition coefficient (Wildman–Crippen LogP) is 2.77. The first-order valence-corrected chi connectivity index (χ1v) is 4.75. The van der Waals surface area contributed by atoms with Gasteiger partial charge in [-0.2, -0.15) is 0 Å². The second-order valence-corrected chi connectivity index (χ2v) is 2.95. The molecule has 0 atom stereocenters. The van der Waals surface area contributed by atoms with Crippen molar-refractivity contribution in [3.05, 3.63) is 48.0 Å². The summed E-state index contributed by atoms with van der Waals surface area (Å²) in [6.45, 7) is 3.68. The summed E-state index contributed by atoms with van der Waals surface area (Å²) >= 11 is 5.68. The Kier molecular flexibility index (Phi) is 4.20. The van der Waals surface area contributed by atoms with Crippen molar-refractivity contribution in [1.82, 2.24) is 0 Å². The van der Waals surface area contributed by atoms with E-state index in [2.05, 4.69) is 6.58 Å². The summed E-state index contributed by atoms with van der Waals surface area (Å²) < 4.78 is 4.90. The van der Waals surface area contributed by atoms with Crippen LogP contribution in [0.15, 0.2) is 36.9 Å². The van der Waals surface area contributed by atoms with Gasteiger partial charge >= 0.3 is 5.97 Å². The van der Waals surface area contributed by atoms with Crippen molar-refractivity contribution in [2.75, 3.05) is 6.61 Å². The zero-order valence-corrected chi connectivity index (χ0v) is 8.46. The number of rotatable bonds is 4. The molecule has 0 aliphatic rings. The number of halogens is 1. The van der Waals surface area contributed by atoms with Crippen LogP contribution < -0.4 is 0 Å². The zero-order chi connectivity index (χ0) is 10.4. The monoisotopic (exact) mass is 210 g/mol. The first kappa shape index (κ1) is 10.8. The summed E-state index contributed by atoms with van der Waals surface area (Å²) in [5.74, 6) is -0.0551. The number of hydrogen-bond donors (Lipinski definition) is 0. The van der Waals surface area contributed by atoms with Crippen LogP contribution in [0.3, 0.4) is 0 Å². The minimum atomic E-state index is -0.360. The maximum Gasteiger partial charge on any atom is 0.338 e. The molecule has 0 aliphatic heterocycles. The highest BCUT2D eigenvalue weighted by Gasteiger charge is 2.10. The minimum absolute atomic E-state index is 0.218. The molecule has 3 heteroatoms. The van der Waals surface area contributed by atoms with Crippen molar-refractivity contribution >= 4 is 17.6 Å². The van der Waals surface area contributed by atoms with E-state index in [1.165, 1.54) is 6.08 Å². The van der Waals surface area contributed by atoms with E-state index in [9.17, 15) is 4.79 Å². The van der Waals surface area contributed by atoms with Gasteiger partial charge < -0.3 is 4.74 Å². The van der Waals surface area contributed by atoms with Gasteiger partial charge in [0.2, 0.25) is 0 Å². The van der Waals surface area contributed by atoms with E-state index in [0.717, 1.165) is 5.56 Å². The van der Waals surface area contributed by atoms with Gasteiger partial charge in [-0.1, -0.05) is 30.9 Å². The lowest BCUT2D eigenvalue weighted by Gasteiger charge is -2.05. The third-order valence-electron chi connectivity index (χ3n) is 1.71. The fourth-order valence-electron chi connectivity index (χ4n) is 1.05. The van der Waals surface area contributed by atoms with Crippen LogP contribution in [0, 0.1) is 0 Å². The van der Waals surface area contributed by atoms with Gasteiger partial charge in [-0.15, -0.1) is 11.6 Å². The molecule has 0 heterocycles. The molecule has 0 unspecified atom stereocenters.